The highest BCUT2D eigenvalue weighted by molar-refractivity contribution is 6.04. The fraction of sp³-hybridized carbons (Fsp3) is 0.250. The summed E-state index contributed by atoms with van der Waals surface area (Å²) in [7, 11) is 0. The Morgan fingerprint density at radius 2 is 1.96 bits per heavy atom. The van der Waals surface area contributed by atoms with Crippen molar-refractivity contribution in [2.24, 2.45) is 0 Å². The lowest BCUT2D eigenvalue weighted by Gasteiger charge is -2.16. The number of fused-ring (bicyclic) bond motifs is 1. The molecule has 0 atom stereocenters. The molecule has 1 N–H and O–H groups in total. The van der Waals surface area contributed by atoms with Crippen molar-refractivity contribution in [2.75, 3.05) is 11.9 Å². The van der Waals surface area contributed by atoms with E-state index in [2.05, 4.69) is 18.0 Å². The van der Waals surface area contributed by atoms with E-state index in [-0.39, 0.29) is 5.91 Å². The summed E-state index contributed by atoms with van der Waals surface area (Å²) in [6.07, 6.45) is 6.34. The van der Waals surface area contributed by atoms with Gasteiger partial charge in [0.1, 0.15) is 12.4 Å². The van der Waals surface area contributed by atoms with Crippen LogP contribution in [-0.4, -0.2) is 12.5 Å². The fourth-order valence-corrected chi connectivity index (χ4v) is 2.90. The maximum absolute atomic E-state index is 12.5. The lowest BCUT2D eigenvalue weighted by molar-refractivity contribution is 0.102. The third kappa shape index (κ3) is 3.81. The number of amides is 1. The minimum atomic E-state index is -0.0840. The van der Waals surface area contributed by atoms with Crippen molar-refractivity contribution in [3.63, 3.8) is 0 Å². The summed E-state index contributed by atoms with van der Waals surface area (Å²) < 4.78 is 5.49. The number of hydrogen-bond donors (Lipinski definition) is 1. The number of aryl methyl sites for hydroxylation is 2. The van der Waals surface area contributed by atoms with Gasteiger partial charge in [0.05, 0.1) is 0 Å². The van der Waals surface area contributed by atoms with E-state index in [1.54, 1.807) is 6.08 Å². The van der Waals surface area contributed by atoms with E-state index < -0.39 is 0 Å². The van der Waals surface area contributed by atoms with Gasteiger partial charge in [0, 0.05) is 17.3 Å². The summed E-state index contributed by atoms with van der Waals surface area (Å²) in [5, 5.41) is 2.94. The highest BCUT2D eigenvalue weighted by Gasteiger charge is 2.13. The van der Waals surface area contributed by atoms with E-state index in [4.69, 9.17) is 4.74 Å². The SMILES string of the molecule is C=CCOc1cccc(NC(=O)c2ccc3c(c2)CCCC3)c1. The van der Waals surface area contributed by atoms with Gasteiger partial charge in [-0.05, 0) is 61.1 Å². The average Bonchev–Trinajstić information content (AvgIpc) is 2.60. The zero-order chi connectivity index (χ0) is 16.1. The number of hydrogen-bond acceptors (Lipinski definition) is 2. The van der Waals surface area contributed by atoms with Gasteiger partial charge in [-0.1, -0.05) is 24.8 Å². The molecule has 1 amide bonds. The van der Waals surface area contributed by atoms with Gasteiger partial charge in [-0.3, -0.25) is 4.79 Å². The van der Waals surface area contributed by atoms with Crippen LogP contribution in [0.2, 0.25) is 0 Å². The maximum atomic E-state index is 12.5. The van der Waals surface area contributed by atoms with Gasteiger partial charge in [0.25, 0.3) is 5.91 Å². The zero-order valence-electron chi connectivity index (χ0n) is 13.2. The Balaban J connectivity index is 1.72. The Labute approximate surface area is 137 Å². The second kappa shape index (κ2) is 7.14. The van der Waals surface area contributed by atoms with E-state index in [0.29, 0.717) is 17.9 Å². The largest absolute Gasteiger partial charge is 0.489 e. The number of anilines is 1. The van der Waals surface area contributed by atoms with Crippen LogP contribution >= 0.6 is 0 Å². The molecule has 3 rings (SSSR count). The number of carbonyl (C=O) groups excluding carboxylic acids is 1. The van der Waals surface area contributed by atoms with Gasteiger partial charge in [-0.2, -0.15) is 0 Å². The van der Waals surface area contributed by atoms with Gasteiger partial charge < -0.3 is 10.1 Å². The molecule has 2 aromatic carbocycles. The van der Waals surface area contributed by atoms with Crippen molar-refractivity contribution in [3.05, 3.63) is 71.8 Å². The Morgan fingerprint density at radius 1 is 1.13 bits per heavy atom. The lowest BCUT2D eigenvalue weighted by Crippen LogP contribution is -2.13. The minimum Gasteiger partial charge on any atom is -0.489 e. The first kappa shape index (κ1) is 15.3. The van der Waals surface area contributed by atoms with Gasteiger partial charge in [0.2, 0.25) is 0 Å². The third-order valence-corrected chi connectivity index (χ3v) is 4.07. The molecule has 0 unspecified atom stereocenters. The van der Waals surface area contributed by atoms with Crippen molar-refractivity contribution in [1.29, 1.82) is 0 Å². The van der Waals surface area contributed by atoms with Crippen molar-refractivity contribution in [2.45, 2.75) is 25.7 Å². The summed E-state index contributed by atoms with van der Waals surface area (Å²) in [5.41, 5.74) is 4.14. The molecular formula is C20H21NO2. The Bertz CT molecular complexity index is 721. The molecule has 3 nitrogen and oxygen atoms in total. The maximum Gasteiger partial charge on any atom is 0.255 e. The lowest BCUT2D eigenvalue weighted by atomic mass is 9.90. The van der Waals surface area contributed by atoms with Crippen LogP contribution in [0, 0.1) is 0 Å². The summed E-state index contributed by atoms with van der Waals surface area (Å²) in [6.45, 7) is 4.07. The topological polar surface area (TPSA) is 38.3 Å². The Morgan fingerprint density at radius 3 is 2.78 bits per heavy atom. The molecule has 0 radical (unpaired) electrons. The standard InChI is InChI=1S/C20H21NO2/c1-2-12-23-19-9-5-8-18(14-19)21-20(22)17-11-10-15-6-3-4-7-16(15)13-17/h2,5,8-11,13-14H,1,3-4,6-7,12H2,(H,21,22). The fourth-order valence-electron chi connectivity index (χ4n) is 2.90. The summed E-state index contributed by atoms with van der Waals surface area (Å²) in [6, 6.07) is 13.4. The molecule has 0 aromatic heterocycles. The number of nitrogens with one attached hydrogen (secondary N) is 1. The van der Waals surface area contributed by atoms with E-state index in [9.17, 15) is 4.79 Å². The average molecular weight is 307 g/mol. The van der Waals surface area contributed by atoms with Crippen LogP contribution in [-0.2, 0) is 12.8 Å². The van der Waals surface area contributed by atoms with Crippen molar-refractivity contribution < 1.29 is 9.53 Å². The molecule has 0 bridgehead atoms. The highest BCUT2D eigenvalue weighted by Crippen LogP contribution is 2.23. The second-order valence-corrected chi connectivity index (χ2v) is 5.77. The number of ether oxygens (including phenoxy) is 1. The van der Waals surface area contributed by atoms with Crippen LogP contribution in [0.25, 0.3) is 0 Å². The van der Waals surface area contributed by atoms with E-state index in [1.807, 2.05) is 36.4 Å². The number of rotatable bonds is 5. The molecule has 0 heterocycles. The van der Waals surface area contributed by atoms with Crippen LogP contribution in [0.3, 0.4) is 0 Å². The van der Waals surface area contributed by atoms with Crippen LogP contribution in [0.15, 0.2) is 55.1 Å². The first-order valence-electron chi connectivity index (χ1n) is 8.03. The van der Waals surface area contributed by atoms with E-state index in [1.165, 1.54) is 24.0 Å². The summed E-state index contributed by atoms with van der Waals surface area (Å²) >= 11 is 0. The second-order valence-electron chi connectivity index (χ2n) is 5.77. The third-order valence-electron chi connectivity index (χ3n) is 4.07. The normalized spacial score (nSPS) is 13.0. The summed E-state index contributed by atoms with van der Waals surface area (Å²) in [4.78, 5) is 12.5. The first-order valence-corrected chi connectivity index (χ1v) is 8.03. The van der Waals surface area contributed by atoms with Crippen LogP contribution in [0.5, 0.6) is 5.75 Å². The molecule has 0 spiro atoms. The molecule has 1 aliphatic rings. The minimum absolute atomic E-state index is 0.0840. The smallest absolute Gasteiger partial charge is 0.255 e. The van der Waals surface area contributed by atoms with Crippen molar-refractivity contribution in [1.82, 2.24) is 0 Å². The monoisotopic (exact) mass is 307 g/mol. The van der Waals surface area contributed by atoms with Crippen molar-refractivity contribution >= 4 is 11.6 Å². The molecule has 118 valence electrons. The van der Waals surface area contributed by atoms with Gasteiger partial charge >= 0.3 is 0 Å². The summed E-state index contributed by atoms with van der Waals surface area (Å²) in [5.74, 6) is 0.632. The zero-order valence-corrected chi connectivity index (χ0v) is 13.2. The Hall–Kier alpha value is -2.55. The van der Waals surface area contributed by atoms with Crippen LogP contribution < -0.4 is 10.1 Å². The molecule has 0 fully saturated rings. The predicted molar refractivity (Wildman–Crippen MR) is 93.2 cm³/mol. The van der Waals surface area contributed by atoms with E-state index in [0.717, 1.165) is 18.5 Å². The van der Waals surface area contributed by atoms with Gasteiger partial charge in [-0.25, -0.2) is 0 Å². The molecule has 2 aromatic rings. The van der Waals surface area contributed by atoms with Crippen molar-refractivity contribution in [3.8, 4) is 5.75 Å². The highest BCUT2D eigenvalue weighted by atomic mass is 16.5. The van der Waals surface area contributed by atoms with Gasteiger partial charge in [-0.15, -0.1) is 0 Å². The molecule has 0 saturated carbocycles. The molecular weight excluding hydrogens is 286 g/mol. The quantitative estimate of drug-likeness (QED) is 0.832. The number of benzene rings is 2. The molecule has 0 saturated heterocycles. The van der Waals surface area contributed by atoms with Crippen LogP contribution in [0.1, 0.15) is 34.3 Å². The predicted octanol–water partition coefficient (Wildman–Crippen LogP) is 4.38. The molecule has 1 aliphatic carbocycles. The molecule has 3 heteroatoms. The van der Waals surface area contributed by atoms with E-state index >= 15 is 0 Å². The van der Waals surface area contributed by atoms with Crippen LogP contribution in [0.4, 0.5) is 5.69 Å². The number of carbonyl (C=O) groups is 1. The molecule has 23 heavy (non-hydrogen) atoms. The Kier molecular flexibility index (Phi) is 4.77. The first-order chi connectivity index (χ1) is 11.3. The van der Waals surface area contributed by atoms with Gasteiger partial charge in [0.15, 0.2) is 0 Å². The molecule has 0 aliphatic heterocycles.